The minimum Gasteiger partial charge on any atom is -0.356 e. The van der Waals surface area contributed by atoms with Gasteiger partial charge in [-0.3, -0.25) is 20.2 Å². The van der Waals surface area contributed by atoms with Crippen LogP contribution >= 0.6 is 0 Å². The van der Waals surface area contributed by atoms with Crippen LogP contribution < -0.4 is 21.3 Å². The molecule has 8 heteroatoms. The first-order valence-electron chi connectivity index (χ1n) is 21.3. The number of hydrogen-bond acceptors (Lipinski definition) is 6. The van der Waals surface area contributed by atoms with E-state index in [1.165, 1.54) is 0 Å². The van der Waals surface area contributed by atoms with Gasteiger partial charge in [-0.1, -0.05) is 219 Å². The number of amides is 2. The van der Waals surface area contributed by atoms with Crippen LogP contribution in [0.4, 0.5) is 0 Å². The molecular weight excluding hydrogens is 769 g/mol. The second kappa shape index (κ2) is 19.8. The van der Waals surface area contributed by atoms with Gasteiger partial charge in [0, 0.05) is 6.61 Å². The average molecular weight is 821 g/mol. The van der Waals surface area contributed by atoms with E-state index in [0.29, 0.717) is 13.2 Å². The monoisotopic (exact) mass is 820 g/mol. The maximum absolute atomic E-state index is 12.8. The average Bonchev–Trinajstić information content (AvgIpc) is 3.34. The number of nitrogens with one attached hydrogen (secondary N) is 4. The van der Waals surface area contributed by atoms with Crippen molar-refractivity contribution in [2.75, 3.05) is 6.61 Å². The van der Waals surface area contributed by atoms with E-state index < -0.39 is 29.4 Å². The van der Waals surface area contributed by atoms with Crippen LogP contribution in [0.15, 0.2) is 212 Å². The van der Waals surface area contributed by atoms with Crippen molar-refractivity contribution in [2.45, 2.75) is 55.6 Å². The van der Waals surface area contributed by atoms with Gasteiger partial charge in [-0.05, 0) is 45.4 Å². The van der Waals surface area contributed by atoms with Gasteiger partial charge in [-0.15, -0.1) is 0 Å². The van der Waals surface area contributed by atoms with Gasteiger partial charge in [0.05, 0.1) is 17.7 Å². The zero-order valence-electron chi connectivity index (χ0n) is 34.8. The topological polar surface area (TPSA) is 101 Å². The van der Waals surface area contributed by atoms with Crippen LogP contribution in [0.2, 0.25) is 0 Å². The largest absolute Gasteiger partial charge is 0.356 e. The van der Waals surface area contributed by atoms with Crippen molar-refractivity contribution in [3.63, 3.8) is 0 Å². The molecule has 2 saturated heterocycles. The maximum atomic E-state index is 12.8. The van der Waals surface area contributed by atoms with E-state index in [2.05, 4.69) is 101 Å². The van der Waals surface area contributed by atoms with Crippen molar-refractivity contribution < 1.29 is 19.1 Å². The maximum Gasteiger partial charge on any atom is 0.243 e. The van der Waals surface area contributed by atoms with Gasteiger partial charge >= 0.3 is 0 Å². The molecule has 4 atom stereocenters. The third-order valence-corrected chi connectivity index (χ3v) is 11.5. The number of carbonyl (C=O) groups is 2. The van der Waals surface area contributed by atoms with Gasteiger partial charge in [0.15, 0.2) is 12.5 Å². The summed E-state index contributed by atoms with van der Waals surface area (Å²) in [5.74, 6) is -0.112. The lowest BCUT2D eigenvalue weighted by Crippen LogP contribution is -2.72. The Hall–Kier alpha value is -6.68. The molecule has 8 nitrogen and oxygen atoms in total. The summed E-state index contributed by atoms with van der Waals surface area (Å²) < 4.78 is 12.0. The second-order valence-electron chi connectivity index (χ2n) is 15.5. The lowest BCUT2D eigenvalue weighted by Gasteiger charge is -2.45. The van der Waals surface area contributed by atoms with Crippen molar-refractivity contribution in [1.82, 2.24) is 21.3 Å². The summed E-state index contributed by atoms with van der Waals surface area (Å²) in [6, 6.07) is 70.7. The molecule has 2 amide bonds. The Morgan fingerprint density at radius 1 is 0.419 bits per heavy atom. The fourth-order valence-corrected chi connectivity index (χ4v) is 8.37. The van der Waals surface area contributed by atoms with Crippen molar-refractivity contribution >= 4 is 11.8 Å². The highest BCUT2D eigenvalue weighted by molar-refractivity contribution is 5.89. The molecule has 2 aliphatic rings. The molecule has 2 aliphatic heterocycles. The fraction of sp³-hybridized carbons (Fsp3) is 0.185. The van der Waals surface area contributed by atoms with E-state index in [9.17, 15) is 9.59 Å². The van der Waals surface area contributed by atoms with Crippen LogP contribution in [0.3, 0.4) is 0 Å². The summed E-state index contributed by atoms with van der Waals surface area (Å²) in [4.78, 5) is 25.3. The Morgan fingerprint density at radius 3 is 0.968 bits per heavy atom. The zero-order valence-corrected chi connectivity index (χ0v) is 34.8. The molecular formula is C54H52N4O4. The molecule has 2 fully saturated rings. The number of hydrogen-bond donors (Lipinski definition) is 4. The molecule has 0 aromatic heterocycles. The predicted octanol–water partition coefficient (Wildman–Crippen LogP) is 8.43. The smallest absolute Gasteiger partial charge is 0.243 e. The summed E-state index contributed by atoms with van der Waals surface area (Å²) in [5, 5.41) is 13.2. The van der Waals surface area contributed by atoms with Crippen molar-refractivity contribution in [3.05, 3.63) is 251 Å². The van der Waals surface area contributed by atoms with E-state index in [0.717, 1.165) is 45.4 Å². The Balaban J connectivity index is 0.000000172. The van der Waals surface area contributed by atoms with Crippen LogP contribution in [-0.2, 0) is 36.7 Å². The molecule has 7 aromatic rings. The molecule has 2 heterocycles. The number of ether oxygens (including phenoxy) is 2. The summed E-state index contributed by atoms with van der Waals surface area (Å²) in [5.41, 5.74) is 6.07. The summed E-state index contributed by atoms with van der Waals surface area (Å²) in [6.45, 7) is 3.10. The van der Waals surface area contributed by atoms with Gasteiger partial charge in [0.25, 0.3) is 0 Å². The first kappa shape index (κ1) is 42.0. The van der Waals surface area contributed by atoms with Crippen LogP contribution in [0.5, 0.6) is 0 Å². The quantitative estimate of drug-likeness (QED) is 0.0578. The number of benzene rings is 7. The number of β-lactam (4-membered cyclic amide) rings is 2. The molecule has 0 radical (unpaired) electrons. The third kappa shape index (κ3) is 8.86. The lowest BCUT2D eigenvalue weighted by atomic mass is 9.76. The zero-order chi connectivity index (χ0) is 42.6. The Bertz CT molecular complexity index is 2270. The van der Waals surface area contributed by atoms with Gasteiger partial charge in [0.1, 0.15) is 12.1 Å². The van der Waals surface area contributed by atoms with E-state index in [1.807, 2.05) is 140 Å². The number of rotatable bonds is 16. The van der Waals surface area contributed by atoms with Crippen molar-refractivity contribution in [3.8, 4) is 0 Å². The van der Waals surface area contributed by atoms with Crippen molar-refractivity contribution in [2.24, 2.45) is 0 Å². The van der Waals surface area contributed by atoms with E-state index in [-0.39, 0.29) is 18.0 Å². The number of carbonyl (C=O) groups excluding carboxylic acids is 2. The Kier molecular flexibility index (Phi) is 13.4. The van der Waals surface area contributed by atoms with Gasteiger partial charge < -0.3 is 20.1 Å². The van der Waals surface area contributed by atoms with Crippen LogP contribution in [0, 0.1) is 0 Å². The molecule has 312 valence electrons. The summed E-state index contributed by atoms with van der Waals surface area (Å²) in [7, 11) is 0. The molecule has 0 bridgehead atoms. The Morgan fingerprint density at radius 2 is 0.694 bits per heavy atom. The summed E-state index contributed by atoms with van der Waals surface area (Å²) >= 11 is 0. The third-order valence-electron chi connectivity index (χ3n) is 11.5. The SMILES string of the molecule is CCCO[C@@H]1NC(=O)[C@H]1NC(c1ccccc1)(c1ccccc1)c1ccccc1.O=C1N[C@H](OCc2ccccc2)[C@@H]1NC(c1ccccc1)(c1ccccc1)c1ccccc1. The lowest BCUT2D eigenvalue weighted by molar-refractivity contribution is -0.150. The van der Waals surface area contributed by atoms with Crippen LogP contribution in [0.25, 0.3) is 0 Å². The van der Waals surface area contributed by atoms with E-state index >= 15 is 0 Å². The molecule has 4 N–H and O–H groups in total. The highest BCUT2D eigenvalue weighted by Crippen LogP contribution is 2.40. The second-order valence-corrected chi connectivity index (χ2v) is 15.5. The Labute approximate surface area is 364 Å². The molecule has 7 aromatic carbocycles. The van der Waals surface area contributed by atoms with Crippen LogP contribution in [-0.4, -0.2) is 43.0 Å². The van der Waals surface area contributed by atoms with Crippen molar-refractivity contribution in [1.29, 1.82) is 0 Å². The molecule has 0 saturated carbocycles. The molecule has 0 aliphatic carbocycles. The fourth-order valence-electron chi connectivity index (χ4n) is 8.37. The van der Waals surface area contributed by atoms with Crippen LogP contribution in [0.1, 0.15) is 52.3 Å². The first-order chi connectivity index (χ1) is 30.5. The highest BCUT2D eigenvalue weighted by atomic mass is 16.5. The van der Waals surface area contributed by atoms with Gasteiger partial charge in [-0.2, -0.15) is 0 Å². The molecule has 62 heavy (non-hydrogen) atoms. The first-order valence-corrected chi connectivity index (χ1v) is 21.3. The molecule has 0 unspecified atom stereocenters. The summed E-state index contributed by atoms with van der Waals surface area (Å²) in [6.07, 6.45) is 0.145. The highest BCUT2D eigenvalue weighted by Gasteiger charge is 2.49. The minimum absolute atomic E-state index is 0.0433. The van der Waals surface area contributed by atoms with E-state index in [4.69, 9.17) is 9.47 Å². The normalized spacial score (nSPS) is 18.2. The van der Waals surface area contributed by atoms with E-state index in [1.54, 1.807) is 0 Å². The van der Waals surface area contributed by atoms with Gasteiger partial charge in [0.2, 0.25) is 11.8 Å². The molecule has 9 rings (SSSR count). The minimum atomic E-state index is -0.722. The van der Waals surface area contributed by atoms with Gasteiger partial charge in [-0.25, -0.2) is 0 Å². The standard InChI is InChI=1S/C29H26N2O2.C25H26N2O2/c32-27-26(28(30-27)33-21-22-13-5-1-6-14-22)31-29(23-15-7-2-8-16-23,24-17-9-3-10-18-24)25-19-11-4-12-20-25;1-2-18-29-24-22(23(28)26-24)27-25(19-12-6-3-7-13-19,20-14-8-4-9-15-20)21-16-10-5-11-17-21/h1-20,26,28,31H,21H2,(H,30,32);3-17,22,24,27H,2,18H2,1H3,(H,26,28)/t26-,28-;22-,24+/m11/s1. The predicted molar refractivity (Wildman–Crippen MR) is 244 cm³/mol. The molecule has 0 spiro atoms.